The Labute approximate surface area is 224 Å². The lowest BCUT2D eigenvalue weighted by Crippen LogP contribution is -2.28. The Bertz CT molecular complexity index is 1370. The van der Waals surface area contributed by atoms with Gasteiger partial charge in [-0.25, -0.2) is 0 Å². The van der Waals surface area contributed by atoms with Crippen LogP contribution in [0, 0.1) is 0 Å². The third kappa shape index (κ3) is 5.57. The van der Waals surface area contributed by atoms with Crippen LogP contribution in [0.4, 0.5) is 0 Å². The Morgan fingerprint density at radius 3 is 2.58 bits per heavy atom. The first kappa shape index (κ1) is 25.9. The van der Waals surface area contributed by atoms with Crippen LogP contribution in [0.1, 0.15) is 88.7 Å². The number of benzene rings is 2. The topological polar surface area (TPSA) is 85.7 Å². The fraction of sp³-hybridized carbons (Fsp3) is 0.419. The monoisotopic (exact) mass is 511 g/mol. The van der Waals surface area contributed by atoms with E-state index < -0.39 is 5.60 Å². The normalized spacial score (nSPS) is 17.3. The van der Waals surface area contributed by atoms with Gasteiger partial charge in [-0.2, -0.15) is 5.21 Å². The van der Waals surface area contributed by atoms with Gasteiger partial charge in [0.25, 0.3) is 0 Å². The summed E-state index contributed by atoms with van der Waals surface area (Å²) < 4.78 is 8.17. The average Bonchev–Trinajstić information content (AvgIpc) is 3.58. The summed E-state index contributed by atoms with van der Waals surface area (Å²) in [6.07, 6.45) is 5.58. The minimum atomic E-state index is -0.478. The summed E-state index contributed by atoms with van der Waals surface area (Å²) in [5.74, 6) is 0.607. The number of unbranched alkanes of at least 4 members (excludes halogenated alkanes) is 1. The first-order valence-corrected chi connectivity index (χ1v) is 13.7. The van der Waals surface area contributed by atoms with E-state index in [0.29, 0.717) is 12.2 Å². The first-order chi connectivity index (χ1) is 18.3. The van der Waals surface area contributed by atoms with Gasteiger partial charge < -0.3 is 9.30 Å². The molecule has 2 aromatic heterocycles. The molecular formula is C31H37N5O2. The number of ether oxygens (including phenoxy) is 1. The number of hydrogen-bond acceptors (Lipinski definition) is 5. The number of carbonyl (C=O) groups excluding carboxylic acids is 1. The highest BCUT2D eigenvalue weighted by Gasteiger charge is 2.32. The number of nitrogens with one attached hydrogen (secondary N) is 1. The van der Waals surface area contributed by atoms with Gasteiger partial charge in [0.15, 0.2) is 0 Å². The molecule has 3 heterocycles. The van der Waals surface area contributed by atoms with Crippen LogP contribution in [0.25, 0.3) is 22.5 Å². The van der Waals surface area contributed by atoms with E-state index in [4.69, 9.17) is 4.74 Å². The number of aromatic amines is 1. The molecule has 0 saturated heterocycles. The van der Waals surface area contributed by atoms with Crippen LogP contribution in [0.5, 0.6) is 0 Å². The molecule has 1 aliphatic rings. The van der Waals surface area contributed by atoms with Gasteiger partial charge in [-0.15, -0.1) is 10.2 Å². The van der Waals surface area contributed by atoms with Crippen molar-refractivity contribution >= 4 is 5.97 Å². The Hall–Kier alpha value is -3.74. The van der Waals surface area contributed by atoms with Crippen LogP contribution < -0.4 is 0 Å². The van der Waals surface area contributed by atoms with E-state index in [9.17, 15) is 4.79 Å². The molecule has 7 nitrogen and oxygen atoms in total. The van der Waals surface area contributed by atoms with Crippen molar-refractivity contribution in [2.75, 3.05) is 0 Å². The molecule has 0 fully saturated rings. The number of hydrogen-bond donors (Lipinski definition) is 1. The SMILES string of the molecule is CCCCc1ccc2n1[C@H](c1ccc(-c3ccccc3)c(-c3nn[nH]n3)c1)CC[C@@H]2CC(=O)OC(C)(C)C. The third-order valence-electron chi connectivity index (χ3n) is 7.27. The molecule has 0 unspecified atom stereocenters. The van der Waals surface area contributed by atoms with Crippen LogP contribution in [0.15, 0.2) is 60.7 Å². The standard InChI is InChI=1S/C31H37N5O2/c1-5-6-12-24-15-18-28-23(20-29(37)38-31(2,3)4)14-17-27(36(24)28)22-13-16-25(21-10-8-7-9-11-21)26(19-22)30-32-34-35-33-30/h7-11,13,15-16,18-19,23,27H,5-6,12,14,17,20H2,1-4H3,(H,32,33,34,35)/t23-,27+/m1/s1. The van der Waals surface area contributed by atoms with Crippen molar-refractivity contribution in [3.63, 3.8) is 0 Å². The third-order valence-corrected chi connectivity index (χ3v) is 7.27. The van der Waals surface area contributed by atoms with E-state index in [1.807, 2.05) is 39.0 Å². The molecule has 0 aliphatic carbocycles. The van der Waals surface area contributed by atoms with Crippen LogP contribution >= 0.6 is 0 Å². The molecule has 1 aliphatic heterocycles. The van der Waals surface area contributed by atoms with Gasteiger partial charge in [-0.3, -0.25) is 4.79 Å². The second-order valence-electron chi connectivity index (χ2n) is 11.2. The maximum atomic E-state index is 12.8. The number of aryl methyl sites for hydroxylation is 1. The highest BCUT2D eigenvalue weighted by Crippen LogP contribution is 2.43. The minimum Gasteiger partial charge on any atom is -0.460 e. The van der Waals surface area contributed by atoms with Crippen molar-refractivity contribution in [3.05, 3.63) is 77.6 Å². The maximum absolute atomic E-state index is 12.8. The summed E-state index contributed by atoms with van der Waals surface area (Å²) >= 11 is 0. The Morgan fingerprint density at radius 2 is 1.87 bits per heavy atom. The fourth-order valence-electron chi connectivity index (χ4n) is 5.62. The van der Waals surface area contributed by atoms with Gasteiger partial charge in [0.2, 0.25) is 5.82 Å². The number of H-pyrrole nitrogens is 1. The lowest BCUT2D eigenvalue weighted by atomic mass is 9.85. The molecule has 0 radical (unpaired) electrons. The van der Waals surface area contributed by atoms with E-state index in [2.05, 4.69) is 74.6 Å². The number of carbonyl (C=O) groups is 1. The van der Waals surface area contributed by atoms with Crippen molar-refractivity contribution in [2.45, 2.75) is 83.8 Å². The fourth-order valence-corrected chi connectivity index (χ4v) is 5.62. The van der Waals surface area contributed by atoms with Crippen LogP contribution in [-0.2, 0) is 16.0 Å². The maximum Gasteiger partial charge on any atom is 0.306 e. The predicted octanol–water partition coefficient (Wildman–Crippen LogP) is 6.88. The van der Waals surface area contributed by atoms with Crippen molar-refractivity contribution < 1.29 is 9.53 Å². The number of nitrogens with zero attached hydrogens (tertiary/aromatic N) is 4. The highest BCUT2D eigenvalue weighted by atomic mass is 16.6. The molecule has 0 spiro atoms. The Kier molecular flexibility index (Phi) is 7.45. The van der Waals surface area contributed by atoms with Gasteiger partial charge in [-0.05, 0) is 86.6 Å². The molecule has 0 saturated carbocycles. The molecule has 2 aromatic carbocycles. The van der Waals surface area contributed by atoms with E-state index in [1.165, 1.54) is 17.0 Å². The first-order valence-electron chi connectivity index (χ1n) is 13.7. The molecule has 5 rings (SSSR count). The number of esters is 1. The molecule has 7 heteroatoms. The molecule has 0 amide bonds. The van der Waals surface area contributed by atoms with E-state index >= 15 is 0 Å². The van der Waals surface area contributed by atoms with Crippen LogP contribution in [0.3, 0.4) is 0 Å². The molecular weight excluding hydrogens is 474 g/mol. The van der Waals surface area contributed by atoms with E-state index in [0.717, 1.165) is 48.8 Å². The van der Waals surface area contributed by atoms with Crippen molar-refractivity contribution in [3.8, 4) is 22.5 Å². The summed E-state index contributed by atoms with van der Waals surface area (Å²) in [5.41, 5.74) is 6.45. The number of tetrazole rings is 1. The van der Waals surface area contributed by atoms with Crippen LogP contribution in [-0.4, -0.2) is 36.8 Å². The lowest BCUT2D eigenvalue weighted by Gasteiger charge is -2.34. The van der Waals surface area contributed by atoms with Gasteiger partial charge in [0, 0.05) is 22.9 Å². The van der Waals surface area contributed by atoms with Crippen molar-refractivity contribution in [1.29, 1.82) is 0 Å². The van der Waals surface area contributed by atoms with Crippen molar-refractivity contribution in [2.24, 2.45) is 0 Å². The molecule has 1 N–H and O–H groups in total. The Morgan fingerprint density at radius 1 is 1.05 bits per heavy atom. The van der Waals surface area contributed by atoms with E-state index in [1.54, 1.807) is 0 Å². The minimum absolute atomic E-state index is 0.129. The summed E-state index contributed by atoms with van der Waals surface area (Å²) in [4.78, 5) is 12.8. The largest absolute Gasteiger partial charge is 0.460 e. The molecule has 4 aromatic rings. The summed E-state index contributed by atoms with van der Waals surface area (Å²) in [6.45, 7) is 8.00. The van der Waals surface area contributed by atoms with Gasteiger partial charge >= 0.3 is 5.97 Å². The average molecular weight is 512 g/mol. The molecule has 38 heavy (non-hydrogen) atoms. The van der Waals surface area contributed by atoms with Crippen LogP contribution in [0.2, 0.25) is 0 Å². The highest BCUT2D eigenvalue weighted by molar-refractivity contribution is 5.81. The van der Waals surface area contributed by atoms with Gasteiger partial charge in [0.05, 0.1) is 12.5 Å². The summed E-state index contributed by atoms with van der Waals surface area (Å²) in [5, 5.41) is 15.1. The zero-order chi connectivity index (χ0) is 26.7. The van der Waals surface area contributed by atoms with E-state index in [-0.39, 0.29) is 17.9 Å². The zero-order valence-electron chi connectivity index (χ0n) is 22.8. The number of rotatable bonds is 8. The smallest absolute Gasteiger partial charge is 0.306 e. The summed E-state index contributed by atoms with van der Waals surface area (Å²) in [7, 11) is 0. The second kappa shape index (κ2) is 10.9. The molecule has 198 valence electrons. The predicted molar refractivity (Wildman–Crippen MR) is 149 cm³/mol. The number of aromatic nitrogens is 5. The zero-order valence-corrected chi connectivity index (χ0v) is 22.8. The van der Waals surface area contributed by atoms with Crippen molar-refractivity contribution in [1.82, 2.24) is 25.2 Å². The van der Waals surface area contributed by atoms with Gasteiger partial charge in [0.1, 0.15) is 5.60 Å². The quantitative estimate of drug-likeness (QED) is 0.261. The number of fused-ring (bicyclic) bond motifs is 1. The molecule has 0 bridgehead atoms. The summed E-state index contributed by atoms with van der Waals surface area (Å²) in [6, 6.07) is 21.6. The van der Waals surface area contributed by atoms with Gasteiger partial charge in [-0.1, -0.05) is 55.8 Å². The molecule has 2 atom stereocenters. The lowest BCUT2D eigenvalue weighted by molar-refractivity contribution is -0.155. The Balaban J connectivity index is 1.54. The second-order valence-corrected chi connectivity index (χ2v) is 11.2.